The highest BCUT2D eigenvalue weighted by Crippen LogP contribution is 2.34. The minimum atomic E-state index is -0.519. The number of aryl methyl sites for hydroxylation is 1. The molecule has 0 aliphatic carbocycles. The van der Waals surface area contributed by atoms with Crippen LogP contribution in [-0.2, 0) is 9.53 Å². The van der Waals surface area contributed by atoms with Gasteiger partial charge < -0.3 is 10.1 Å². The zero-order valence-electron chi connectivity index (χ0n) is 11.5. The van der Waals surface area contributed by atoms with Gasteiger partial charge in [-0.25, -0.2) is 4.98 Å². The lowest BCUT2D eigenvalue weighted by molar-refractivity contribution is -0.139. The topological polar surface area (TPSA) is 68.3 Å². The number of halogens is 1. The molecule has 0 aliphatic rings. The molecule has 2 rings (SSSR count). The molecule has 1 amide bonds. The van der Waals surface area contributed by atoms with Crippen molar-refractivity contribution >= 4 is 34.8 Å². The van der Waals surface area contributed by atoms with E-state index in [0.29, 0.717) is 9.90 Å². The summed E-state index contributed by atoms with van der Waals surface area (Å²) in [5.41, 5.74) is 1.00. The van der Waals surface area contributed by atoms with Crippen LogP contribution in [0.4, 0.5) is 0 Å². The number of thiazole rings is 1. The summed E-state index contributed by atoms with van der Waals surface area (Å²) in [4.78, 5) is 28.2. The minimum Gasteiger partial charge on any atom is -0.468 e. The molecule has 0 bridgehead atoms. The van der Waals surface area contributed by atoms with E-state index >= 15 is 0 Å². The molecule has 0 saturated heterocycles. The zero-order chi connectivity index (χ0) is 15.4. The first kappa shape index (κ1) is 15.5. The van der Waals surface area contributed by atoms with E-state index in [1.54, 1.807) is 6.07 Å². The number of methoxy groups -OCH3 is 1. The molecule has 0 saturated carbocycles. The average Bonchev–Trinajstić information content (AvgIpc) is 2.86. The molecule has 0 spiro atoms. The van der Waals surface area contributed by atoms with E-state index in [0.717, 1.165) is 10.6 Å². The van der Waals surface area contributed by atoms with Crippen LogP contribution in [0.2, 0.25) is 5.02 Å². The van der Waals surface area contributed by atoms with Crippen LogP contribution in [0.15, 0.2) is 24.3 Å². The molecule has 7 heteroatoms. The van der Waals surface area contributed by atoms with Crippen LogP contribution < -0.4 is 5.32 Å². The highest BCUT2D eigenvalue weighted by Gasteiger charge is 2.20. The Labute approximate surface area is 130 Å². The predicted molar refractivity (Wildman–Crippen MR) is 81.6 cm³/mol. The van der Waals surface area contributed by atoms with Crippen molar-refractivity contribution in [3.8, 4) is 10.4 Å². The molecule has 0 atom stereocenters. The second-order valence-electron chi connectivity index (χ2n) is 4.15. The van der Waals surface area contributed by atoms with Crippen molar-refractivity contribution in [1.82, 2.24) is 10.3 Å². The third-order valence-electron chi connectivity index (χ3n) is 2.69. The number of carbonyl (C=O) groups excluding carboxylic acids is 2. The lowest BCUT2D eigenvalue weighted by Gasteiger charge is -2.05. The van der Waals surface area contributed by atoms with Crippen LogP contribution in [0, 0.1) is 6.92 Å². The van der Waals surface area contributed by atoms with Crippen molar-refractivity contribution in [3.05, 3.63) is 40.0 Å². The van der Waals surface area contributed by atoms with Gasteiger partial charge in [0.2, 0.25) is 0 Å². The maximum Gasteiger partial charge on any atom is 0.325 e. The number of nitrogens with one attached hydrogen (secondary N) is 1. The van der Waals surface area contributed by atoms with Gasteiger partial charge in [0, 0.05) is 10.6 Å². The minimum absolute atomic E-state index is 0.201. The number of hydrogen-bond donors (Lipinski definition) is 1. The Hall–Kier alpha value is -1.92. The Morgan fingerprint density at radius 1 is 1.38 bits per heavy atom. The van der Waals surface area contributed by atoms with E-state index in [1.165, 1.54) is 18.4 Å². The monoisotopic (exact) mass is 324 g/mol. The summed E-state index contributed by atoms with van der Waals surface area (Å²) in [6.07, 6.45) is 0. The summed E-state index contributed by atoms with van der Waals surface area (Å²) in [6.45, 7) is 1.61. The lowest BCUT2D eigenvalue weighted by atomic mass is 10.1. The van der Waals surface area contributed by atoms with Gasteiger partial charge in [0.25, 0.3) is 5.91 Å². The molecule has 0 unspecified atom stereocenters. The van der Waals surface area contributed by atoms with Crippen LogP contribution in [-0.4, -0.2) is 30.5 Å². The van der Waals surface area contributed by atoms with Crippen molar-refractivity contribution in [3.63, 3.8) is 0 Å². The zero-order valence-corrected chi connectivity index (χ0v) is 13.0. The van der Waals surface area contributed by atoms with Crippen molar-refractivity contribution in [2.75, 3.05) is 13.7 Å². The molecule has 1 N–H and O–H groups in total. The van der Waals surface area contributed by atoms with Crippen molar-refractivity contribution in [2.45, 2.75) is 6.92 Å². The lowest BCUT2D eigenvalue weighted by Crippen LogP contribution is -2.30. The SMILES string of the molecule is COC(=O)CNC(=O)c1nc(C)sc1-c1ccccc1Cl. The fourth-order valence-electron chi connectivity index (χ4n) is 1.72. The molecule has 1 aromatic heterocycles. The molecule has 5 nitrogen and oxygen atoms in total. The van der Waals surface area contributed by atoms with Gasteiger partial charge >= 0.3 is 5.97 Å². The van der Waals surface area contributed by atoms with Gasteiger partial charge in [-0.15, -0.1) is 11.3 Å². The molecule has 1 heterocycles. The number of ether oxygens (including phenoxy) is 1. The van der Waals surface area contributed by atoms with Gasteiger partial charge in [0.05, 0.1) is 17.0 Å². The van der Waals surface area contributed by atoms with Gasteiger partial charge in [0.1, 0.15) is 12.2 Å². The average molecular weight is 325 g/mol. The Balaban J connectivity index is 2.31. The van der Waals surface area contributed by atoms with Gasteiger partial charge in [-0.05, 0) is 13.0 Å². The number of rotatable bonds is 4. The first-order chi connectivity index (χ1) is 10.0. The van der Waals surface area contributed by atoms with E-state index in [-0.39, 0.29) is 12.2 Å². The largest absolute Gasteiger partial charge is 0.468 e. The second kappa shape index (κ2) is 6.69. The Morgan fingerprint density at radius 2 is 2.10 bits per heavy atom. The third-order valence-corrected chi connectivity index (χ3v) is 4.02. The van der Waals surface area contributed by atoms with Crippen molar-refractivity contribution in [2.24, 2.45) is 0 Å². The Morgan fingerprint density at radius 3 is 2.76 bits per heavy atom. The molecule has 0 aliphatic heterocycles. The van der Waals surface area contributed by atoms with E-state index in [9.17, 15) is 9.59 Å². The van der Waals surface area contributed by atoms with Gasteiger partial charge in [-0.3, -0.25) is 9.59 Å². The number of carbonyl (C=O) groups is 2. The number of benzene rings is 1. The fourth-order valence-corrected chi connectivity index (χ4v) is 2.96. The highest BCUT2D eigenvalue weighted by atomic mass is 35.5. The smallest absolute Gasteiger partial charge is 0.325 e. The van der Waals surface area contributed by atoms with E-state index in [2.05, 4.69) is 15.0 Å². The van der Waals surface area contributed by atoms with E-state index in [1.807, 2.05) is 25.1 Å². The van der Waals surface area contributed by atoms with E-state index < -0.39 is 11.9 Å². The van der Waals surface area contributed by atoms with E-state index in [4.69, 9.17) is 11.6 Å². The fraction of sp³-hybridized carbons (Fsp3) is 0.214. The summed E-state index contributed by atoms with van der Waals surface area (Å²) >= 11 is 7.55. The van der Waals surface area contributed by atoms with Crippen LogP contribution in [0.25, 0.3) is 10.4 Å². The summed E-state index contributed by atoms with van der Waals surface area (Å²) in [5, 5.41) is 3.77. The molecule has 110 valence electrons. The maximum atomic E-state index is 12.2. The third kappa shape index (κ3) is 3.59. The molecule has 0 radical (unpaired) electrons. The maximum absolute atomic E-state index is 12.2. The number of nitrogens with zero attached hydrogens (tertiary/aromatic N) is 1. The number of aromatic nitrogens is 1. The summed E-state index contributed by atoms with van der Waals surface area (Å²) < 4.78 is 4.48. The summed E-state index contributed by atoms with van der Waals surface area (Å²) in [7, 11) is 1.26. The number of amides is 1. The van der Waals surface area contributed by atoms with Crippen molar-refractivity contribution in [1.29, 1.82) is 0 Å². The summed E-state index contributed by atoms with van der Waals surface area (Å²) in [6, 6.07) is 7.23. The quantitative estimate of drug-likeness (QED) is 0.878. The van der Waals surface area contributed by atoms with Gasteiger partial charge in [-0.2, -0.15) is 0 Å². The molecular formula is C14H13ClN2O3S. The standard InChI is InChI=1S/C14H13ClN2O3S/c1-8-17-12(14(19)16-7-11(18)20-2)13(21-8)9-5-3-4-6-10(9)15/h3-6H,7H2,1-2H3,(H,16,19). The Kier molecular flexibility index (Phi) is 4.93. The van der Waals surface area contributed by atoms with Gasteiger partial charge in [0.15, 0.2) is 0 Å². The molecule has 21 heavy (non-hydrogen) atoms. The Bertz CT molecular complexity index is 685. The van der Waals surface area contributed by atoms with Crippen LogP contribution in [0.5, 0.6) is 0 Å². The molecule has 2 aromatic rings. The highest BCUT2D eigenvalue weighted by molar-refractivity contribution is 7.15. The van der Waals surface area contributed by atoms with Crippen LogP contribution in [0.3, 0.4) is 0 Å². The predicted octanol–water partition coefficient (Wildman–Crippen LogP) is 2.67. The summed E-state index contributed by atoms with van der Waals surface area (Å²) in [5.74, 6) is -0.950. The number of esters is 1. The van der Waals surface area contributed by atoms with Crippen molar-refractivity contribution < 1.29 is 14.3 Å². The first-order valence-electron chi connectivity index (χ1n) is 6.10. The normalized spacial score (nSPS) is 10.2. The molecule has 1 aromatic carbocycles. The molecular weight excluding hydrogens is 312 g/mol. The van der Waals surface area contributed by atoms with Crippen LogP contribution in [0.1, 0.15) is 15.5 Å². The van der Waals surface area contributed by atoms with Crippen LogP contribution >= 0.6 is 22.9 Å². The first-order valence-corrected chi connectivity index (χ1v) is 7.29. The van der Waals surface area contributed by atoms with Gasteiger partial charge in [-0.1, -0.05) is 29.8 Å². The second-order valence-corrected chi connectivity index (χ2v) is 5.76. The molecule has 0 fully saturated rings. The number of hydrogen-bond acceptors (Lipinski definition) is 5.